The van der Waals surface area contributed by atoms with E-state index in [9.17, 15) is 9.90 Å². The highest BCUT2D eigenvalue weighted by atomic mass is 35.5. The number of hydrogen-bond acceptors (Lipinski definition) is 4. The van der Waals surface area contributed by atoms with E-state index in [-0.39, 0.29) is 10.5 Å². The van der Waals surface area contributed by atoms with Gasteiger partial charge in [0.15, 0.2) is 10.5 Å². The van der Waals surface area contributed by atoms with Crippen LogP contribution in [0.2, 0.25) is 10.0 Å². The Hall–Kier alpha value is -2.37. The van der Waals surface area contributed by atoms with Gasteiger partial charge in [-0.1, -0.05) is 70.9 Å². The van der Waals surface area contributed by atoms with Crippen LogP contribution in [0, 0.1) is 6.92 Å². The number of thiophene rings is 1. The topological polar surface area (TPSA) is 37.3 Å². The molecule has 0 aliphatic heterocycles. The summed E-state index contributed by atoms with van der Waals surface area (Å²) in [5.41, 5.74) is 3.88. The van der Waals surface area contributed by atoms with Crippen LogP contribution in [0.1, 0.15) is 5.56 Å². The van der Waals surface area contributed by atoms with Crippen molar-refractivity contribution in [3.8, 4) is 26.6 Å². The molecule has 1 N–H and O–H groups in total. The summed E-state index contributed by atoms with van der Waals surface area (Å²) in [5.74, 6) is 0. The van der Waals surface area contributed by atoms with Gasteiger partial charge in [0.05, 0.1) is 10.0 Å². The number of aromatic hydroxyl groups is 1. The van der Waals surface area contributed by atoms with Gasteiger partial charge in [0.25, 0.3) is 0 Å². The monoisotopic (exact) mass is 468 g/mol. The summed E-state index contributed by atoms with van der Waals surface area (Å²) < 4.78 is 1.90. The number of hydrogen-bond donors (Lipinski definition) is 1. The number of halogens is 2. The zero-order valence-electron chi connectivity index (χ0n) is 15.7. The van der Waals surface area contributed by atoms with Crippen LogP contribution in [0.3, 0.4) is 0 Å². The molecule has 148 valence electrons. The Bertz CT molecular complexity index is 1500. The molecule has 5 rings (SSSR count). The number of fused-ring (bicyclic) bond motifs is 2. The third-order valence-electron chi connectivity index (χ3n) is 5.13. The molecule has 2 aromatic heterocycles. The molecule has 0 unspecified atom stereocenters. The fourth-order valence-corrected chi connectivity index (χ4v) is 6.32. The van der Waals surface area contributed by atoms with E-state index in [2.05, 4.69) is 12.1 Å². The van der Waals surface area contributed by atoms with Gasteiger partial charge in [0.2, 0.25) is 0 Å². The lowest BCUT2D eigenvalue weighted by atomic mass is 9.97. The molecule has 3 aromatic carbocycles. The highest BCUT2D eigenvalue weighted by Gasteiger charge is 2.20. The molecule has 0 aliphatic rings. The lowest BCUT2D eigenvalue weighted by Crippen LogP contribution is -1.98. The van der Waals surface area contributed by atoms with E-state index in [4.69, 9.17) is 23.2 Å². The normalized spacial score (nSPS) is 11.4. The van der Waals surface area contributed by atoms with Gasteiger partial charge in [-0.05, 0) is 41.8 Å². The van der Waals surface area contributed by atoms with Crippen LogP contribution in [0.4, 0.5) is 0 Å². The van der Waals surface area contributed by atoms with Gasteiger partial charge in [-0.3, -0.25) is 4.79 Å². The molecule has 0 radical (unpaired) electrons. The van der Waals surface area contributed by atoms with Crippen molar-refractivity contribution < 1.29 is 5.11 Å². The van der Waals surface area contributed by atoms with E-state index in [1.807, 2.05) is 43.3 Å². The maximum atomic E-state index is 12.6. The fourth-order valence-electron chi connectivity index (χ4n) is 3.74. The molecule has 0 saturated heterocycles. The zero-order valence-corrected chi connectivity index (χ0v) is 18.8. The molecule has 0 saturated carbocycles. The molecular formula is C24H14Cl2O2S2. The van der Waals surface area contributed by atoms with Gasteiger partial charge in [-0.25, -0.2) is 0 Å². The summed E-state index contributed by atoms with van der Waals surface area (Å²) in [6, 6.07) is 19.0. The third-order valence-corrected chi connectivity index (χ3v) is 8.30. The molecule has 2 nitrogen and oxygen atoms in total. The predicted molar refractivity (Wildman–Crippen MR) is 131 cm³/mol. The van der Waals surface area contributed by atoms with E-state index in [0.717, 1.165) is 41.9 Å². The van der Waals surface area contributed by atoms with Crippen LogP contribution in [0.25, 0.3) is 41.7 Å². The van der Waals surface area contributed by atoms with E-state index >= 15 is 0 Å². The van der Waals surface area contributed by atoms with E-state index in [1.165, 1.54) is 17.4 Å². The Morgan fingerprint density at radius 1 is 0.800 bits per heavy atom. The van der Waals surface area contributed by atoms with Crippen molar-refractivity contribution in [2.24, 2.45) is 0 Å². The smallest absolute Gasteiger partial charge is 0.191 e. The zero-order chi connectivity index (χ0) is 21.0. The first-order valence-corrected chi connectivity index (χ1v) is 11.6. The highest BCUT2D eigenvalue weighted by molar-refractivity contribution is 7.24. The van der Waals surface area contributed by atoms with Crippen molar-refractivity contribution in [3.63, 3.8) is 0 Å². The summed E-state index contributed by atoms with van der Waals surface area (Å²) >= 11 is 15.4. The average molecular weight is 469 g/mol. The second-order valence-electron chi connectivity index (χ2n) is 7.00. The molecule has 5 aromatic rings. The van der Waals surface area contributed by atoms with Crippen LogP contribution in [0.5, 0.6) is 5.06 Å². The van der Waals surface area contributed by atoms with Gasteiger partial charge in [0, 0.05) is 36.7 Å². The molecular weight excluding hydrogens is 455 g/mol. The second-order valence-corrected chi connectivity index (χ2v) is 9.87. The largest absolute Gasteiger partial charge is 0.499 e. The Morgan fingerprint density at radius 3 is 2.27 bits per heavy atom. The molecule has 0 bridgehead atoms. The van der Waals surface area contributed by atoms with Gasteiger partial charge < -0.3 is 5.11 Å². The minimum atomic E-state index is -0.182. The fraction of sp³-hybridized carbons (Fsp3) is 0.0417. The van der Waals surface area contributed by atoms with E-state index < -0.39 is 0 Å². The number of rotatable bonds is 2. The van der Waals surface area contributed by atoms with Crippen molar-refractivity contribution in [3.05, 3.63) is 86.5 Å². The van der Waals surface area contributed by atoms with Gasteiger partial charge in [-0.2, -0.15) is 0 Å². The number of benzene rings is 3. The summed E-state index contributed by atoms with van der Waals surface area (Å²) in [7, 11) is 0. The third kappa shape index (κ3) is 3.12. The maximum Gasteiger partial charge on any atom is 0.191 e. The Morgan fingerprint density at radius 2 is 1.53 bits per heavy atom. The minimum absolute atomic E-state index is 0.0273. The SMILES string of the molecule is Cc1c2sc(-c3ccccc3)c(-c3ccc(Cl)c(Cl)c3)c2cc2c(=O)cc(O)sc12. The lowest BCUT2D eigenvalue weighted by molar-refractivity contribution is 0.490. The quantitative estimate of drug-likeness (QED) is 0.283. The van der Waals surface area contributed by atoms with Crippen molar-refractivity contribution in [2.75, 3.05) is 0 Å². The van der Waals surface area contributed by atoms with Crippen molar-refractivity contribution >= 4 is 66.0 Å². The predicted octanol–water partition coefficient (Wildman–Crippen LogP) is 8.13. The van der Waals surface area contributed by atoms with E-state index in [0.29, 0.717) is 15.4 Å². The van der Waals surface area contributed by atoms with Gasteiger partial charge >= 0.3 is 0 Å². The van der Waals surface area contributed by atoms with Gasteiger partial charge in [-0.15, -0.1) is 11.3 Å². The van der Waals surface area contributed by atoms with Crippen LogP contribution in [-0.2, 0) is 0 Å². The van der Waals surface area contributed by atoms with E-state index in [1.54, 1.807) is 17.4 Å². The van der Waals surface area contributed by atoms with Crippen LogP contribution in [0.15, 0.2) is 65.5 Å². The summed E-state index contributed by atoms with van der Waals surface area (Å²) in [5, 5.41) is 12.6. The first-order valence-electron chi connectivity index (χ1n) is 9.18. The summed E-state index contributed by atoms with van der Waals surface area (Å²) in [4.78, 5) is 13.7. The molecule has 6 heteroatoms. The summed E-state index contributed by atoms with van der Waals surface area (Å²) in [6.07, 6.45) is 0. The minimum Gasteiger partial charge on any atom is -0.499 e. The Labute approximate surface area is 190 Å². The van der Waals surface area contributed by atoms with Crippen molar-refractivity contribution in [1.29, 1.82) is 0 Å². The highest BCUT2D eigenvalue weighted by Crippen LogP contribution is 2.48. The maximum absolute atomic E-state index is 12.6. The molecule has 30 heavy (non-hydrogen) atoms. The number of aryl methyl sites for hydroxylation is 1. The molecule has 0 atom stereocenters. The summed E-state index contributed by atoms with van der Waals surface area (Å²) in [6.45, 7) is 2.00. The van der Waals surface area contributed by atoms with Crippen molar-refractivity contribution in [2.45, 2.75) is 6.92 Å². The Kier molecular flexibility index (Phi) is 4.83. The Balaban J connectivity index is 1.96. The standard InChI is InChI=1S/C24H14Cl2O2S2/c1-12-22-15(19(27)11-20(28)29-22)10-16-21(14-7-8-17(25)18(26)9-14)24(30-23(12)16)13-5-3-2-4-6-13/h2-11,28H,1H3. The average Bonchev–Trinajstić information content (AvgIpc) is 3.12. The first kappa shape index (κ1) is 19.6. The van der Waals surface area contributed by atoms with Gasteiger partial charge in [0.1, 0.15) is 0 Å². The lowest BCUT2D eigenvalue weighted by Gasteiger charge is -2.08. The van der Waals surface area contributed by atoms with Crippen LogP contribution < -0.4 is 5.43 Å². The molecule has 2 heterocycles. The molecule has 0 fully saturated rings. The second kappa shape index (κ2) is 7.40. The van der Waals surface area contributed by atoms with Crippen LogP contribution >= 0.6 is 45.9 Å². The molecule has 0 spiro atoms. The first-order chi connectivity index (χ1) is 14.4. The molecule has 0 aliphatic carbocycles. The van der Waals surface area contributed by atoms with Crippen LogP contribution in [-0.4, -0.2) is 5.11 Å². The van der Waals surface area contributed by atoms with Crippen molar-refractivity contribution in [1.82, 2.24) is 0 Å². The molecule has 0 amide bonds.